The second kappa shape index (κ2) is 5.38. The lowest BCUT2D eigenvalue weighted by atomic mass is 9.95. The van der Waals surface area contributed by atoms with Gasteiger partial charge in [-0.1, -0.05) is 12.1 Å². The third-order valence-electron chi connectivity index (χ3n) is 3.41. The van der Waals surface area contributed by atoms with E-state index in [1.54, 1.807) is 6.07 Å². The summed E-state index contributed by atoms with van der Waals surface area (Å²) in [5, 5.41) is 5.87. The normalized spacial score (nSPS) is 13.7. The lowest BCUT2D eigenvalue weighted by Gasteiger charge is -2.20. The number of anilines is 1. The number of pyridine rings is 1. The molecular formula is C15H14FN3O. The summed E-state index contributed by atoms with van der Waals surface area (Å²) in [6, 6.07) is 7.08. The van der Waals surface area contributed by atoms with Gasteiger partial charge in [-0.05, 0) is 36.2 Å². The third-order valence-corrected chi connectivity index (χ3v) is 3.41. The van der Waals surface area contributed by atoms with Gasteiger partial charge in [-0.3, -0.25) is 9.78 Å². The predicted octanol–water partition coefficient (Wildman–Crippen LogP) is 2.12. The number of carbonyl (C=O) groups is 1. The standard InChI is InChI=1S/C15H14FN3O/c16-13-9-18-7-5-14(13)19-15(20)12-3-1-2-10-8-17-6-4-11(10)12/h1-3,5,7,9,17H,4,6,8H2,(H,18,19,20). The van der Waals surface area contributed by atoms with Crippen LogP contribution in [0.1, 0.15) is 21.5 Å². The Morgan fingerprint density at radius 2 is 2.25 bits per heavy atom. The molecule has 0 atom stereocenters. The van der Waals surface area contributed by atoms with Gasteiger partial charge in [0.05, 0.1) is 11.9 Å². The van der Waals surface area contributed by atoms with Gasteiger partial charge in [0.15, 0.2) is 5.82 Å². The summed E-state index contributed by atoms with van der Waals surface area (Å²) in [4.78, 5) is 16.0. The summed E-state index contributed by atoms with van der Waals surface area (Å²) >= 11 is 0. The van der Waals surface area contributed by atoms with Gasteiger partial charge in [0, 0.05) is 18.3 Å². The van der Waals surface area contributed by atoms with E-state index in [1.165, 1.54) is 12.3 Å². The summed E-state index contributed by atoms with van der Waals surface area (Å²) in [5.74, 6) is -0.818. The summed E-state index contributed by atoms with van der Waals surface area (Å²) in [6.45, 7) is 1.61. The predicted molar refractivity (Wildman–Crippen MR) is 74.0 cm³/mol. The number of nitrogens with zero attached hydrogens (tertiary/aromatic N) is 1. The summed E-state index contributed by atoms with van der Waals surface area (Å²) < 4.78 is 13.5. The number of benzene rings is 1. The second-order valence-electron chi connectivity index (χ2n) is 4.68. The second-order valence-corrected chi connectivity index (χ2v) is 4.68. The zero-order valence-corrected chi connectivity index (χ0v) is 10.8. The lowest BCUT2D eigenvalue weighted by molar-refractivity contribution is 0.102. The number of hydrogen-bond donors (Lipinski definition) is 2. The van der Waals surface area contributed by atoms with E-state index in [0.29, 0.717) is 5.56 Å². The van der Waals surface area contributed by atoms with Crippen molar-refractivity contribution in [2.45, 2.75) is 13.0 Å². The molecule has 1 aromatic heterocycles. The number of hydrogen-bond acceptors (Lipinski definition) is 3. The first-order valence-electron chi connectivity index (χ1n) is 6.48. The first kappa shape index (κ1) is 12.7. The molecule has 1 aliphatic rings. The van der Waals surface area contributed by atoms with E-state index < -0.39 is 5.82 Å². The van der Waals surface area contributed by atoms with Crippen molar-refractivity contribution in [3.05, 3.63) is 59.2 Å². The highest BCUT2D eigenvalue weighted by Crippen LogP contribution is 2.20. The number of halogens is 1. The van der Waals surface area contributed by atoms with Crippen LogP contribution in [0.2, 0.25) is 0 Å². The lowest BCUT2D eigenvalue weighted by Crippen LogP contribution is -2.26. The molecule has 5 heteroatoms. The monoisotopic (exact) mass is 271 g/mol. The Morgan fingerprint density at radius 3 is 3.10 bits per heavy atom. The Hall–Kier alpha value is -2.27. The van der Waals surface area contributed by atoms with Crippen molar-refractivity contribution in [3.8, 4) is 0 Å². The van der Waals surface area contributed by atoms with Gasteiger partial charge in [-0.2, -0.15) is 0 Å². The molecule has 0 bridgehead atoms. The van der Waals surface area contributed by atoms with E-state index in [-0.39, 0.29) is 11.6 Å². The molecule has 20 heavy (non-hydrogen) atoms. The molecule has 0 spiro atoms. The average Bonchev–Trinajstić information content (AvgIpc) is 2.49. The number of fused-ring (bicyclic) bond motifs is 1. The fourth-order valence-corrected chi connectivity index (χ4v) is 2.41. The zero-order chi connectivity index (χ0) is 13.9. The maximum Gasteiger partial charge on any atom is 0.256 e. The minimum Gasteiger partial charge on any atom is -0.319 e. The first-order chi connectivity index (χ1) is 9.75. The smallest absolute Gasteiger partial charge is 0.256 e. The van der Waals surface area contributed by atoms with Crippen LogP contribution in [0, 0.1) is 5.82 Å². The molecule has 3 rings (SSSR count). The highest BCUT2D eigenvalue weighted by Gasteiger charge is 2.18. The van der Waals surface area contributed by atoms with Crippen molar-refractivity contribution in [1.29, 1.82) is 0 Å². The molecule has 2 aromatic rings. The number of rotatable bonds is 2. The quantitative estimate of drug-likeness (QED) is 0.879. The van der Waals surface area contributed by atoms with Crippen LogP contribution in [0.25, 0.3) is 0 Å². The average molecular weight is 271 g/mol. The fourth-order valence-electron chi connectivity index (χ4n) is 2.41. The van der Waals surface area contributed by atoms with Gasteiger partial charge in [0.25, 0.3) is 5.91 Å². The van der Waals surface area contributed by atoms with E-state index in [1.807, 2.05) is 12.1 Å². The van der Waals surface area contributed by atoms with E-state index in [4.69, 9.17) is 0 Å². The van der Waals surface area contributed by atoms with Gasteiger partial charge >= 0.3 is 0 Å². The van der Waals surface area contributed by atoms with Gasteiger partial charge < -0.3 is 10.6 Å². The van der Waals surface area contributed by atoms with Crippen LogP contribution < -0.4 is 10.6 Å². The Kier molecular flexibility index (Phi) is 3.43. The van der Waals surface area contributed by atoms with E-state index >= 15 is 0 Å². The van der Waals surface area contributed by atoms with Crippen LogP contribution in [-0.4, -0.2) is 17.4 Å². The maximum absolute atomic E-state index is 13.5. The van der Waals surface area contributed by atoms with Crippen LogP contribution >= 0.6 is 0 Å². The Labute approximate surface area is 116 Å². The third kappa shape index (κ3) is 2.40. The molecule has 0 fully saturated rings. The van der Waals surface area contributed by atoms with Crippen molar-refractivity contribution < 1.29 is 9.18 Å². The van der Waals surface area contributed by atoms with E-state index in [0.717, 1.165) is 36.8 Å². The summed E-state index contributed by atoms with van der Waals surface area (Å²) in [7, 11) is 0. The van der Waals surface area contributed by atoms with Crippen molar-refractivity contribution >= 4 is 11.6 Å². The first-order valence-corrected chi connectivity index (χ1v) is 6.48. The number of aromatic nitrogens is 1. The Balaban J connectivity index is 1.90. The molecule has 0 saturated heterocycles. The highest BCUT2D eigenvalue weighted by atomic mass is 19.1. The molecule has 0 saturated carbocycles. The summed E-state index contributed by atoms with van der Waals surface area (Å²) in [5.41, 5.74) is 2.93. The highest BCUT2D eigenvalue weighted by molar-refractivity contribution is 6.05. The topological polar surface area (TPSA) is 54.0 Å². The SMILES string of the molecule is O=C(Nc1ccncc1F)c1cccc2c1CCNC2. The van der Waals surface area contributed by atoms with Crippen LogP contribution in [0.4, 0.5) is 10.1 Å². The van der Waals surface area contributed by atoms with Crippen LogP contribution in [0.3, 0.4) is 0 Å². The van der Waals surface area contributed by atoms with Crippen LogP contribution in [0.15, 0.2) is 36.7 Å². The fraction of sp³-hybridized carbons (Fsp3) is 0.200. The molecule has 1 aromatic carbocycles. The van der Waals surface area contributed by atoms with Gasteiger partial charge in [-0.25, -0.2) is 4.39 Å². The molecule has 2 heterocycles. The number of nitrogens with one attached hydrogen (secondary N) is 2. The number of amides is 1. The van der Waals surface area contributed by atoms with Crippen molar-refractivity contribution in [2.75, 3.05) is 11.9 Å². The zero-order valence-electron chi connectivity index (χ0n) is 10.8. The summed E-state index contributed by atoms with van der Waals surface area (Å²) in [6.07, 6.45) is 3.33. The molecule has 1 amide bonds. The minimum absolute atomic E-state index is 0.150. The molecule has 102 valence electrons. The largest absolute Gasteiger partial charge is 0.319 e. The van der Waals surface area contributed by atoms with Crippen LogP contribution in [-0.2, 0) is 13.0 Å². The molecule has 0 aliphatic carbocycles. The number of carbonyl (C=O) groups excluding carboxylic acids is 1. The van der Waals surface area contributed by atoms with Gasteiger partial charge in [0.1, 0.15) is 0 Å². The van der Waals surface area contributed by atoms with Gasteiger partial charge in [0.2, 0.25) is 0 Å². The van der Waals surface area contributed by atoms with Gasteiger partial charge in [-0.15, -0.1) is 0 Å². The molecule has 1 aliphatic heterocycles. The van der Waals surface area contributed by atoms with Crippen molar-refractivity contribution in [2.24, 2.45) is 0 Å². The Bertz CT molecular complexity index is 657. The maximum atomic E-state index is 13.5. The van der Waals surface area contributed by atoms with Crippen molar-refractivity contribution in [3.63, 3.8) is 0 Å². The molecule has 4 nitrogen and oxygen atoms in total. The minimum atomic E-state index is -0.535. The van der Waals surface area contributed by atoms with E-state index in [2.05, 4.69) is 15.6 Å². The van der Waals surface area contributed by atoms with Crippen molar-refractivity contribution in [1.82, 2.24) is 10.3 Å². The Morgan fingerprint density at radius 1 is 1.35 bits per heavy atom. The molecular weight excluding hydrogens is 257 g/mol. The molecule has 2 N–H and O–H groups in total. The molecule has 0 radical (unpaired) electrons. The van der Waals surface area contributed by atoms with E-state index in [9.17, 15) is 9.18 Å². The molecule has 0 unspecified atom stereocenters. The van der Waals surface area contributed by atoms with Crippen LogP contribution in [0.5, 0.6) is 0 Å².